The minimum Gasteiger partial charge on any atom is -0.491 e. The van der Waals surface area contributed by atoms with E-state index >= 15 is 0 Å². The van der Waals surface area contributed by atoms with Gasteiger partial charge in [0, 0.05) is 30.1 Å². The summed E-state index contributed by atoms with van der Waals surface area (Å²) in [4.78, 5) is 35.7. The van der Waals surface area contributed by atoms with Crippen LogP contribution in [0.2, 0.25) is 0 Å². The SMILES string of the molecule is CC(C)N1CCOc2ccccc2CCCCC2(CCN(C(=O)Cc3csc(-c4ccccc4F)n3)CC2)C1=O. The number of hydrogen-bond donors (Lipinski definition) is 0. The Morgan fingerprint density at radius 2 is 1.80 bits per heavy atom. The van der Waals surface area contributed by atoms with Crippen LogP contribution in [0.25, 0.3) is 10.6 Å². The van der Waals surface area contributed by atoms with Crippen molar-refractivity contribution < 1.29 is 18.7 Å². The molecule has 1 fully saturated rings. The van der Waals surface area contributed by atoms with Gasteiger partial charge in [-0.1, -0.05) is 36.8 Å². The summed E-state index contributed by atoms with van der Waals surface area (Å²) in [6, 6.07) is 14.8. The number of halogens is 1. The second kappa shape index (κ2) is 12.5. The molecule has 0 saturated carbocycles. The van der Waals surface area contributed by atoms with Crippen LogP contribution in [0, 0.1) is 11.2 Å². The number of para-hydroxylation sites is 1. The first-order valence-electron chi connectivity index (χ1n) is 14.4. The number of piperidine rings is 1. The first-order valence-corrected chi connectivity index (χ1v) is 15.2. The van der Waals surface area contributed by atoms with Crippen molar-refractivity contribution in [1.29, 1.82) is 0 Å². The molecule has 40 heavy (non-hydrogen) atoms. The molecular formula is C32H38FN3O3S. The maximum absolute atomic E-state index is 14.2. The first kappa shape index (κ1) is 28.3. The average molecular weight is 564 g/mol. The van der Waals surface area contributed by atoms with E-state index in [0.717, 1.165) is 31.4 Å². The van der Waals surface area contributed by atoms with E-state index < -0.39 is 5.41 Å². The third-order valence-electron chi connectivity index (χ3n) is 8.31. The zero-order chi connectivity index (χ0) is 28.1. The number of aryl methyl sites for hydroxylation is 1. The lowest BCUT2D eigenvalue weighted by molar-refractivity contribution is -0.151. The van der Waals surface area contributed by atoms with Gasteiger partial charge in [0.2, 0.25) is 11.8 Å². The molecule has 2 aromatic carbocycles. The summed E-state index contributed by atoms with van der Waals surface area (Å²) in [5.41, 5.74) is 1.87. The lowest BCUT2D eigenvalue weighted by atomic mass is 9.72. The van der Waals surface area contributed by atoms with Crippen LogP contribution in [0.5, 0.6) is 5.75 Å². The van der Waals surface area contributed by atoms with E-state index in [0.29, 0.717) is 55.3 Å². The van der Waals surface area contributed by atoms with Crippen LogP contribution in [-0.4, -0.2) is 58.9 Å². The molecule has 0 aliphatic carbocycles. The number of benzene rings is 2. The van der Waals surface area contributed by atoms with Gasteiger partial charge in [-0.15, -0.1) is 11.3 Å². The largest absolute Gasteiger partial charge is 0.491 e. The van der Waals surface area contributed by atoms with Crippen LogP contribution in [0.3, 0.4) is 0 Å². The summed E-state index contributed by atoms with van der Waals surface area (Å²) < 4.78 is 20.3. The predicted molar refractivity (Wildman–Crippen MR) is 156 cm³/mol. The van der Waals surface area contributed by atoms with Crippen LogP contribution in [0.4, 0.5) is 4.39 Å². The Bertz CT molecular complexity index is 1330. The van der Waals surface area contributed by atoms with Crippen molar-refractivity contribution >= 4 is 23.2 Å². The van der Waals surface area contributed by atoms with E-state index in [9.17, 15) is 14.0 Å². The Labute approximate surface area is 240 Å². The normalized spacial score (nSPS) is 18.1. The highest BCUT2D eigenvalue weighted by molar-refractivity contribution is 7.13. The molecule has 1 spiro atoms. The maximum atomic E-state index is 14.2. The van der Waals surface area contributed by atoms with E-state index in [-0.39, 0.29) is 30.1 Å². The topological polar surface area (TPSA) is 62.7 Å². The van der Waals surface area contributed by atoms with Crippen molar-refractivity contribution in [3.63, 3.8) is 0 Å². The highest BCUT2D eigenvalue weighted by Crippen LogP contribution is 2.40. The van der Waals surface area contributed by atoms with Gasteiger partial charge in [0.05, 0.1) is 24.1 Å². The number of aromatic nitrogens is 1. The summed E-state index contributed by atoms with van der Waals surface area (Å²) in [6.07, 6.45) is 5.22. The highest BCUT2D eigenvalue weighted by atomic mass is 32.1. The predicted octanol–water partition coefficient (Wildman–Crippen LogP) is 6.14. The van der Waals surface area contributed by atoms with Crippen molar-refractivity contribution in [2.24, 2.45) is 5.41 Å². The number of hydrogen-bond acceptors (Lipinski definition) is 5. The Hall–Kier alpha value is -3.26. The molecule has 6 nitrogen and oxygen atoms in total. The first-order chi connectivity index (χ1) is 19.4. The molecule has 1 aromatic heterocycles. The number of carbonyl (C=O) groups excluding carboxylic acids is 2. The molecule has 2 aliphatic heterocycles. The molecule has 212 valence electrons. The molecule has 0 unspecified atom stereocenters. The van der Waals surface area contributed by atoms with Gasteiger partial charge in [0.15, 0.2) is 0 Å². The van der Waals surface area contributed by atoms with Crippen LogP contribution < -0.4 is 4.74 Å². The summed E-state index contributed by atoms with van der Waals surface area (Å²) in [7, 11) is 0. The molecule has 5 rings (SSSR count). The number of amides is 2. The molecule has 1 saturated heterocycles. The van der Waals surface area contributed by atoms with E-state index in [4.69, 9.17) is 4.74 Å². The van der Waals surface area contributed by atoms with Crippen molar-refractivity contribution in [3.05, 3.63) is 71.0 Å². The van der Waals surface area contributed by atoms with Gasteiger partial charge in [-0.3, -0.25) is 9.59 Å². The smallest absolute Gasteiger partial charge is 0.229 e. The third kappa shape index (κ3) is 6.22. The molecule has 0 N–H and O–H groups in total. The Balaban J connectivity index is 1.25. The van der Waals surface area contributed by atoms with Crippen molar-refractivity contribution in [1.82, 2.24) is 14.8 Å². The molecule has 0 bridgehead atoms. The van der Waals surface area contributed by atoms with Gasteiger partial charge in [-0.25, -0.2) is 9.37 Å². The van der Waals surface area contributed by atoms with Gasteiger partial charge in [-0.2, -0.15) is 0 Å². The highest BCUT2D eigenvalue weighted by Gasteiger charge is 2.44. The summed E-state index contributed by atoms with van der Waals surface area (Å²) >= 11 is 1.35. The Morgan fingerprint density at radius 3 is 2.58 bits per heavy atom. The molecular weight excluding hydrogens is 525 g/mol. The van der Waals surface area contributed by atoms with E-state index in [2.05, 4.69) is 31.0 Å². The fourth-order valence-corrected chi connectivity index (χ4v) is 6.80. The van der Waals surface area contributed by atoms with E-state index in [1.165, 1.54) is 23.0 Å². The van der Waals surface area contributed by atoms with Crippen molar-refractivity contribution in [3.8, 4) is 16.3 Å². The monoisotopic (exact) mass is 563 g/mol. The summed E-state index contributed by atoms with van der Waals surface area (Å²) in [5, 5.41) is 2.42. The molecule has 0 atom stereocenters. The van der Waals surface area contributed by atoms with Crippen LogP contribution in [0.1, 0.15) is 57.2 Å². The number of thiazole rings is 1. The Morgan fingerprint density at radius 1 is 1.05 bits per heavy atom. The second-order valence-electron chi connectivity index (χ2n) is 11.2. The van der Waals surface area contributed by atoms with Gasteiger partial charge in [0.25, 0.3) is 0 Å². The average Bonchev–Trinajstić information content (AvgIpc) is 3.41. The zero-order valence-electron chi connectivity index (χ0n) is 23.4. The maximum Gasteiger partial charge on any atom is 0.229 e. The van der Waals surface area contributed by atoms with Gasteiger partial charge >= 0.3 is 0 Å². The minimum absolute atomic E-state index is 0.00607. The van der Waals surface area contributed by atoms with E-state index in [1.807, 2.05) is 27.3 Å². The van der Waals surface area contributed by atoms with Crippen LogP contribution in [0.15, 0.2) is 53.9 Å². The number of nitrogens with zero attached hydrogens (tertiary/aromatic N) is 3. The van der Waals surface area contributed by atoms with E-state index in [1.54, 1.807) is 18.2 Å². The van der Waals surface area contributed by atoms with Crippen molar-refractivity contribution in [2.75, 3.05) is 26.2 Å². The molecule has 0 radical (unpaired) electrons. The lowest BCUT2D eigenvalue weighted by Crippen LogP contribution is -2.54. The lowest BCUT2D eigenvalue weighted by Gasteiger charge is -2.44. The third-order valence-corrected chi connectivity index (χ3v) is 9.24. The summed E-state index contributed by atoms with van der Waals surface area (Å²) in [5.74, 6) is 0.804. The molecule has 3 heterocycles. The summed E-state index contributed by atoms with van der Waals surface area (Å²) in [6.45, 7) is 6.24. The van der Waals surface area contributed by atoms with Gasteiger partial charge in [0.1, 0.15) is 23.2 Å². The standard InChI is InChI=1S/C32H38FN3O3S/c1-23(2)36-19-20-39-28-13-6-3-9-24(28)10-7-8-14-32(31(36)38)15-17-35(18-16-32)29(37)21-25-22-40-30(34-25)26-11-4-5-12-27(26)33/h3-6,9,11-13,22-23H,7-8,10,14-21H2,1-2H3. The number of rotatable bonds is 4. The number of carbonyl (C=O) groups is 2. The Kier molecular flexibility index (Phi) is 8.84. The van der Waals surface area contributed by atoms with Gasteiger partial charge in [-0.05, 0) is 69.7 Å². The van der Waals surface area contributed by atoms with Crippen LogP contribution in [-0.2, 0) is 22.4 Å². The number of ether oxygens (including phenoxy) is 1. The molecule has 3 aromatic rings. The molecule has 2 aliphatic rings. The number of likely N-dealkylation sites (tertiary alicyclic amines) is 1. The number of fused-ring (bicyclic) bond motifs is 1. The van der Waals surface area contributed by atoms with Crippen LogP contribution >= 0.6 is 11.3 Å². The molecule has 2 amide bonds. The van der Waals surface area contributed by atoms with Gasteiger partial charge < -0.3 is 14.5 Å². The molecule has 8 heteroatoms. The zero-order valence-corrected chi connectivity index (χ0v) is 24.2. The van der Waals surface area contributed by atoms with Crippen molar-refractivity contribution in [2.45, 2.75) is 64.8 Å². The second-order valence-corrected chi connectivity index (χ2v) is 12.1. The fraction of sp³-hybridized carbons (Fsp3) is 0.469. The minimum atomic E-state index is -0.460. The quantitative estimate of drug-likeness (QED) is 0.382. The fourth-order valence-electron chi connectivity index (χ4n) is 5.95.